The summed E-state index contributed by atoms with van der Waals surface area (Å²) in [6.07, 6.45) is -1.77. The molecular weight excluding hydrogens is 325 g/mol. The first-order valence-electron chi connectivity index (χ1n) is 4.72. The first-order chi connectivity index (χ1) is 7.48. The van der Waals surface area contributed by atoms with Crippen molar-refractivity contribution < 1.29 is 13.9 Å². The van der Waals surface area contributed by atoms with Gasteiger partial charge in [0.05, 0.1) is 0 Å². The van der Waals surface area contributed by atoms with Crippen molar-refractivity contribution in [2.24, 2.45) is 0 Å². The topological polar surface area (TPSA) is 20.2 Å². The average molecular weight is 334 g/mol. The molecule has 0 saturated carbocycles. The lowest BCUT2D eigenvalue weighted by Crippen LogP contribution is -2.17. The first kappa shape index (κ1) is 11.7. The summed E-state index contributed by atoms with van der Waals surface area (Å²) in [4.78, 5) is 0. The van der Waals surface area contributed by atoms with Gasteiger partial charge in [0.25, 0.3) is 0 Å². The van der Waals surface area contributed by atoms with Gasteiger partial charge in [0.15, 0.2) is 6.10 Å². The van der Waals surface area contributed by atoms with Crippen LogP contribution in [-0.4, -0.2) is 9.04 Å². The van der Waals surface area contributed by atoms with Crippen molar-refractivity contribution in [2.75, 3.05) is 0 Å². The van der Waals surface area contributed by atoms with Crippen molar-refractivity contribution in [1.82, 2.24) is 0 Å². The highest BCUT2D eigenvalue weighted by atomic mass is 127. The highest BCUT2D eigenvalue weighted by Gasteiger charge is 2.35. The maximum Gasteiger partial charge on any atom is 0.325 e. The van der Waals surface area contributed by atoms with E-state index in [1.54, 1.807) is 12.1 Å². The lowest BCUT2D eigenvalue weighted by molar-refractivity contribution is -0.0206. The highest BCUT2D eigenvalue weighted by Crippen LogP contribution is 2.37. The van der Waals surface area contributed by atoms with E-state index < -0.39 is 10.0 Å². The van der Waals surface area contributed by atoms with Gasteiger partial charge >= 0.3 is 3.93 Å². The highest BCUT2D eigenvalue weighted by molar-refractivity contribution is 14.1. The van der Waals surface area contributed by atoms with Gasteiger partial charge in [0, 0.05) is 22.6 Å². The molecule has 0 saturated heterocycles. The number of fused-ring (bicyclic) bond motifs is 1. The number of hydrogen-bond acceptors (Lipinski definition) is 1. The smallest absolute Gasteiger partial charge is 0.325 e. The minimum Gasteiger partial charge on any atom is -0.381 e. The number of rotatable bonds is 2. The summed E-state index contributed by atoms with van der Waals surface area (Å²) >= 11 is 0.947. The lowest BCUT2D eigenvalue weighted by atomic mass is 10.0. The number of aliphatic hydroxyl groups excluding tert-OH is 1. The Bertz CT molecular complexity index is 508. The normalized spacial score (nSPS) is 14.0. The summed E-state index contributed by atoms with van der Waals surface area (Å²) in [5.74, 6) is 0. The second kappa shape index (κ2) is 4.25. The van der Waals surface area contributed by atoms with Gasteiger partial charge in [-0.25, -0.2) is 0 Å². The Balaban J connectivity index is 2.47. The summed E-state index contributed by atoms with van der Waals surface area (Å²) in [7, 11) is 0. The molecule has 0 aromatic heterocycles. The van der Waals surface area contributed by atoms with Gasteiger partial charge in [0.2, 0.25) is 0 Å². The molecule has 2 aromatic rings. The number of aliphatic hydroxyl groups is 1. The standard InChI is InChI=1S/C12H9F2IO/c13-12(14,15)11(16)10-6-5-8-3-1-2-4-9(8)7-10/h1-7,11,16H. The van der Waals surface area contributed by atoms with Gasteiger partial charge in [-0.15, -0.1) is 0 Å². The van der Waals surface area contributed by atoms with Crippen LogP contribution in [0.4, 0.5) is 8.78 Å². The van der Waals surface area contributed by atoms with E-state index in [0.29, 0.717) is 0 Å². The van der Waals surface area contributed by atoms with E-state index in [-0.39, 0.29) is 5.56 Å². The third-order valence-corrected chi connectivity index (χ3v) is 2.99. The Kier molecular flexibility index (Phi) is 3.12. The van der Waals surface area contributed by atoms with Crippen LogP contribution in [0, 0.1) is 0 Å². The Labute approximate surface area is 105 Å². The van der Waals surface area contributed by atoms with Crippen LogP contribution in [-0.2, 0) is 0 Å². The average Bonchev–Trinajstić information content (AvgIpc) is 2.26. The molecular formula is C12H9F2IO. The molecule has 0 amide bonds. The third-order valence-electron chi connectivity index (χ3n) is 2.40. The summed E-state index contributed by atoms with van der Waals surface area (Å²) in [6.45, 7) is 0. The van der Waals surface area contributed by atoms with E-state index in [4.69, 9.17) is 0 Å². The Morgan fingerprint density at radius 3 is 2.31 bits per heavy atom. The summed E-state index contributed by atoms with van der Waals surface area (Å²) in [5.41, 5.74) is 0.234. The second-order valence-corrected chi connectivity index (χ2v) is 4.99. The van der Waals surface area contributed by atoms with Crippen molar-refractivity contribution in [1.29, 1.82) is 0 Å². The van der Waals surface area contributed by atoms with E-state index in [9.17, 15) is 13.9 Å². The molecule has 0 aliphatic carbocycles. The van der Waals surface area contributed by atoms with E-state index in [2.05, 4.69) is 0 Å². The third kappa shape index (κ3) is 2.32. The molecule has 0 fully saturated rings. The van der Waals surface area contributed by atoms with Crippen LogP contribution < -0.4 is 0 Å². The summed E-state index contributed by atoms with van der Waals surface area (Å²) in [6, 6.07) is 12.3. The summed E-state index contributed by atoms with van der Waals surface area (Å²) < 4.78 is 22.7. The maximum absolute atomic E-state index is 12.9. The number of hydrogen-bond donors (Lipinski definition) is 1. The Morgan fingerprint density at radius 2 is 1.69 bits per heavy atom. The van der Waals surface area contributed by atoms with Gasteiger partial charge in [-0.2, -0.15) is 8.78 Å². The van der Waals surface area contributed by atoms with Crippen LogP contribution in [0.2, 0.25) is 0 Å². The van der Waals surface area contributed by atoms with Gasteiger partial charge in [-0.3, -0.25) is 0 Å². The van der Waals surface area contributed by atoms with E-state index in [1.807, 2.05) is 24.3 Å². The van der Waals surface area contributed by atoms with Gasteiger partial charge in [-0.05, 0) is 22.4 Å². The number of halogens is 3. The van der Waals surface area contributed by atoms with E-state index >= 15 is 0 Å². The number of benzene rings is 2. The monoisotopic (exact) mass is 334 g/mol. The maximum atomic E-state index is 12.9. The molecule has 1 nitrogen and oxygen atoms in total. The molecule has 0 aliphatic rings. The molecule has 2 rings (SSSR count). The van der Waals surface area contributed by atoms with Crippen LogP contribution in [0.5, 0.6) is 0 Å². The van der Waals surface area contributed by atoms with Gasteiger partial charge < -0.3 is 5.11 Å². The summed E-state index contributed by atoms with van der Waals surface area (Å²) in [5, 5.41) is 11.3. The predicted octanol–water partition coefficient (Wildman–Crippen LogP) is 3.90. The van der Waals surface area contributed by atoms with Crippen molar-refractivity contribution in [3.63, 3.8) is 0 Å². The quantitative estimate of drug-likeness (QED) is 0.652. The fraction of sp³-hybridized carbons (Fsp3) is 0.167. The Hall–Kier alpha value is -0.750. The molecule has 0 heterocycles. The second-order valence-electron chi connectivity index (χ2n) is 3.55. The fourth-order valence-electron chi connectivity index (χ4n) is 1.57. The zero-order chi connectivity index (χ0) is 11.8. The first-order valence-corrected chi connectivity index (χ1v) is 5.80. The molecule has 84 valence electrons. The van der Waals surface area contributed by atoms with Crippen molar-refractivity contribution >= 4 is 33.4 Å². The molecule has 0 bridgehead atoms. The molecule has 0 radical (unpaired) electrons. The molecule has 16 heavy (non-hydrogen) atoms. The van der Waals surface area contributed by atoms with Crippen molar-refractivity contribution in [3.05, 3.63) is 48.0 Å². The lowest BCUT2D eigenvalue weighted by Gasteiger charge is -2.17. The van der Waals surface area contributed by atoms with Crippen molar-refractivity contribution in [3.8, 4) is 0 Å². The minimum absolute atomic E-state index is 0.234. The van der Waals surface area contributed by atoms with Crippen LogP contribution in [0.1, 0.15) is 11.7 Å². The molecule has 1 N–H and O–H groups in total. The Morgan fingerprint density at radius 1 is 1.06 bits per heavy atom. The molecule has 0 aliphatic heterocycles. The molecule has 2 aromatic carbocycles. The molecule has 1 atom stereocenters. The zero-order valence-electron chi connectivity index (χ0n) is 8.20. The van der Waals surface area contributed by atoms with Crippen LogP contribution >= 0.6 is 22.6 Å². The largest absolute Gasteiger partial charge is 0.381 e. The fourth-order valence-corrected chi connectivity index (χ4v) is 1.93. The number of alkyl halides is 3. The van der Waals surface area contributed by atoms with Crippen LogP contribution in [0.3, 0.4) is 0 Å². The van der Waals surface area contributed by atoms with Gasteiger partial charge in [-0.1, -0.05) is 36.4 Å². The van der Waals surface area contributed by atoms with Crippen LogP contribution in [0.15, 0.2) is 42.5 Å². The predicted molar refractivity (Wildman–Crippen MR) is 67.9 cm³/mol. The molecule has 4 heteroatoms. The SMILES string of the molecule is OC(c1ccc2ccccc2c1)C(F)(F)I. The molecule has 1 unspecified atom stereocenters. The zero-order valence-corrected chi connectivity index (χ0v) is 10.4. The van der Waals surface area contributed by atoms with Crippen molar-refractivity contribution in [2.45, 2.75) is 10.0 Å². The van der Waals surface area contributed by atoms with Crippen LogP contribution in [0.25, 0.3) is 10.8 Å². The molecule has 0 spiro atoms. The van der Waals surface area contributed by atoms with E-state index in [1.165, 1.54) is 6.07 Å². The van der Waals surface area contributed by atoms with E-state index in [0.717, 1.165) is 33.4 Å². The minimum atomic E-state index is -3.15. The van der Waals surface area contributed by atoms with Gasteiger partial charge in [0.1, 0.15) is 0 Å².